The van der Waals surface area contributed by atoms with Gasteiger partial charge in [0.25, 0.3) is 0 Å². The maximum absolute atomic E-state index is 11.9. The Morgan fingerprint density at radius 1 is 1.44 bits per heavy atom. The molecule has 18 heavy (non-hydrogen) atoms. The fourth-order valence-corrected chi connectivity index (χ4v) is 1.56. The van der Waals surface area contributed by atoms with Crippen LogP contribution < -0.4 is 5.73 Å². The lowest BCUT2D eigenvalue weighted by atomic mass is 10.4. The smallest absolute Gasteiger partial charge is 0.352 e. The van der Waals surface area contributed by atoms with Crippen LogP contribution in [0.1, 0.15) is 17.4 Å². The van der Waals surface area contributed by atoms with Crippen molar-refractivity contribution in [3.8, 4) is 0 Å². The third kappa shape index (κ3) is 3.34. The van der Waals surface area contributed by atoms with Gasteiger partial charge in [-0.2, -0.15) is 0 Å². The molecule has 1 aromatic heterocycles. The van der Waals surface area contributed by atoms with Gasteiger partial charge in [-0.3, -0.25) is 9.59 Å². The molecule has 1 rings (SSSR count). The Labute approximate surface area is 104 Å². The van der Waals surface area contributed by atoms with Gasteiger partial charge in [0.05, 0.1) is 6.54 Å². The Bertz CT molecular complexity index is 467. The average Bonchev–Trinajstić information content (AvgIpc) is 2.73. The molecule has 1 aromatic rings. The van der Waals surface area contributed by atoms with E-state index in [9.17, 15) is 14.4 Å². The Balaban J connectivity index is 2.76. The van der Waals surface area contributed by atoms with E-state index >= 15 is 0 Å². The normalized spacial score (nSPS) is 10.1. The number of amides is 2. The van der Waals surface area contributed by atoms with E-state index < -0.39 is 11.9 Å². The summed E-state index contributed by atoms with van der Waals surface area (Å²) in [6.45, 7) is 1.76. The van der Waals surface area contributed by atoms with Crippen LogP contribution in [0.4, 0.5) is 0 Å². The van der Waals surface area contributed by atoms with Crippen LogP contribution in [0.15, 0.2) is 18.3 Å². The topological polar surface area (TPSA) is 106 Å². The van der Waals surface area contributed by atoms with Crippen molar-refractivity contribution in [3.05, 3.63) is 24.0 Å². The minimum Gasteiger partial charge on any atom is -0.477 e. The maximum atomic E-state index is 11.9. The first kappa shape index (κ1) is 13.8. The Morgan fingerprint density at radius 3 is 2.61 bits per heavy atom. The number of hydrogen-bond donors (Lipinski definition) is 2. The van der Waals surface area contributed by atoms with Gasteiger partial charge in [-0.1, -0.05) is 0 Å². The average molecular weight is 253 g/mol. The summed E-state index contributed by atoms with van der Waals surface area (Å²) in [6.07, 6.45) is 1.50. The summed E-state index contributed by atoms with van der Waals surface area (Å²) in [4.78, 5) is 34.8. The van der Waals surface area contributed by atoms with E-state index in [2.05, 4.69) is 0 Å². The molecule has 0 unspecified atom stereocenters. The fourth-order valence-electron chi connectivity index (χ4n) is 1.56. The lowest BCUT2D eigenvalue weighted by Crippen LogP contribution is -2.40. The standard InChI is InChI=1S/C11H15N3O4/c1-2-13(6-9(12)15)10(16)7-14-5-3-4-8(14)11(17)18/h3-5H,2,6-7H2,1H3,(H2,12,15)(H,17,18). The second-order valence-electron chi connectivity index (χ2n) is 3.70. The number of carboxylic acid groups (broad SMARTS) is 1. The molecular formula is C11H15N3O4. The number of nitrogens with zero attached hydrogens (tertiary/aromatic N) is 2. The van der Waals surface area contributed by atoms with Gasteiger partial charge in [0, 0.05) is 12.7 Å². The molecule has 2 amide bonds. The van der Waals surface area contributed by atoms with Gasteiger partial charge in [-0.15, -0.1) is 0 Å². The zero-order valence-electron chi connectivity index (χ0n) is 10.00. The molecule has 0 aliphatic carbocycles. The van der Waals surface area contributed by atoms with Crippen molar-refractivity contribution in [1.82, 2.24) is 9.47 Å². The summed E-state index contributed by atoms with van der Waals surface area (Å²) in [5.41, 5.74) is 5.05. The van der Waals surface area contributed by atoms with E-state index in [0.29, 0.717) is 6.54 Å². The molecule has 0 radical (unpaired) electrons. The molecule has 3 N–H and O–H groups in total. The molecule has 0 saturated carbocycles. The van der Waals surface area contributed by atoms with Crippen LogP contribution in [0.2, 0.25) is 0 Å². The Morgan fingerprint density at radius 2 is 2.11 bits per heavy atom. The van der Waals surface area contributed by atoms with Crippen molar-refractivity contribution in [2.75, 3.05) is 13.1 Å². The highest BCUT2D eigenvalue weighted by Crippen LogP contribution is 2.03. The first-order valence-electron chi connectivity index (χ1n) is 5.40. The highest BCUT2D eigenvalue weighted by Gasteiger charge is 2.17. The van der Waals surface area contributed by atoms with Crippen LogP contribution in [-0.2, 0) is 16.1 Å². The second kappa shape index (κ2) is 5.85. The molecule has 0 spiro atoms. The van der Waals surface area contributed by atoms with Crippen molar-refractivity contribution in [3.63, 3.8) is 0 Å². The van der Waals surface area contributed by atoms with Crippen molar-refractivity contribution in [2.45, 2.75) is 13.5 Å². The number of rotatable bonds is 6. The summed E-state index contributed by atoms with van der Waals surface area (Å²) in [7, 11) is 0. The van der Waals surface area contributed by atoms with Crippen LogP contribution in [0, 0.1) is 0 Å². The van der Waals surface area contributed by atoms with E-state index in [1.165, 1.54) is 21.7 Å². The first-order valence-corrected chi connectivity index (χ1v) is 5.40. The predicted octanol–water partition coefficient (Wildman–Crippen LogP) is -0.480. The van der Waals surface area contributed by atoms with Gasteiger partial charge in [0.15, 0.2) is 0 Å². The van der Waals surface area contributed by atoms with E-state index in [1.54, 1.807) is 13.0 Å². The monoisotopic (exact) mass is 253 g/mol. The van der Waals surface area contributed by atoms with Gasteiger partial charge in [-0.25, -0.2) is 4.79 Å². The fraction of sp³-hybridized carbons (Fsp3) is 0.364. The number of carbonyl (C=O) groups excluding carboxylic acids is 2. The highest BCUT2D eigenvalue weighted by atomic mass is 16.4. The largest absolute Gasteiger partial charge is 0.477 e. The lowest BCUT2D eigenvalue weighted by Gasteiger charge is -2.19. The van der Waals surface area contributed by atoms with E-state index in [0.717, 1.165) is 0 Å². The van der Waals surface area contributed by atoms with Crippen LogP contribution in [-0.4, -0.2) is 45.4 Å². The SMILES string of the molecule is CCN(CC(N)=O)C(=O)Cn1cccc1C(=O)O. The lowest BCUT2D eigenvalue weighted by molar-refractivity contribution is -0.135. The van der Waals surface area contributed by atoms with Crippen molar-refractivity contribution < 1.29 is 19.5 Å². The first-order chi connectivity index (χ1) is 8.45. The molecule has 0 bridgehead atoms. The number of aromatic nitrogens is 1. The molecule has 0 aliphatic heterocycles. The van der Waals surface area contributed by atoms with Crippen molar-refractivity contribution >= 4 is 17.8 Å². The zero-order chi connectivity index (χ0) is 13.7. The minimum absolute atomic E-state index is 0.0264. The highest BCUT2D eigenvalue weighted by molar-refractivity contribution is 5.87. The quantitative estimate of drug-likeness (QED) is 0.714. The van der Waals surface area contributed by atoms with Gasteiger partial charge in [0.2, 0.25) is 11.8 Å². The van der Waals surface area contributed by atoms with Crippen LogP contribution in [0.5, 0.6) is 0 Å². The maximum Gasteiger partial charge on any atom is 0.352 e. The molecule has 7 nitrogen and oxygen atoms in total. The van der Waals surface area contributed by atoms with Crippen molar-refractivity contribution in [2.24, 2.45) is 5.73 Å². The minimum atomic E-state index is -1.11. The molecule has 0 aliphatic rings. The third-order valence-corrected chi connectivity index (χ3v) is 2.44. The molecule has 0 saturated heterocycles. The number of carbonyl (C=O) groups is 3. The number of hydrogen-bond acceptors (Lipinski definition) is 3. The van der Waals surface area contributed by atoms with Crippen LogP contribution in [0.25, 0.3) is 0 Å². The Hall–Kier alpha value is -2.31. The van der Waals surface area contributed by atoms with Gasteiger partial charge < -0.3 is 20.3 Å². The van der Waals surface area contributed by atoms with E-state index in [4.69, 9.17) is 10.8 Å². The molecule has 0 aromatic carbocycles. The molecular weight excluding hydrogens is 238 g/mol. The summed E-state index contributed by atoms with van der Waals surface area (Å²) in [5.74, 6) is -2.06. The molecule has 1 heterocycles. The predicted molar refractivity (Wildman–Crippen MR) is 62.8 cm³/mol. The van der Waals surface area contributed by atoms with Gasteiger partial charge in [0.1, 0.15) is 12.2 Å². The van der Waals surface area contributed by atoms with Gasteiger partial charge >= 0.3 is 5.97 Å². The molecule has 0 fully saturated rings. The van der Waals surface area contributed by atoms with Gasteiger partial charge in [-0.05, 0) is 19.1 Å². The summed E-state index contributed by atoms with van der Waals surface area (Å²) >= 11 is 0. The van der Waals surface area contributed by atoms with E-state index in [1.807, 2.05) is 0 Å². The number of primary amides is 1. The summed E-state index contributed by atoms with van der Waals surface area (Å²) in [6, 6.07) is 2.95. The van der Waals surface area contributed by atoms with Crippen LogP contribution >= 0.6 is 0 Å². The third-order valence-electron chi connectivity index (χ3n) is 2.44. The number of carboxylic acids is 1. The Kier molecular flexibility index (Phi) is 4.47. The second-order valence-corrected chi connectivity index (χ2v) is 3.70. The van der Waals surface area contributed by atoms with Crippen molar-refractivity contribution in [1.29, 1.82) is 0 Å². The number of likely N-dealkylation sites (N-methyl/N-ethyl adjacent to an activating group) is 1. The molecule has 0 atom stereocenters. The number of aromatic carboxylic acids is 1. The summed E-state index contributed by atoms with van der Waals surface area (Å²) < 4.78 is 1.31. The molecule has 98 valence electrons. The molecule has 7 heteroatoms. The number of nitrogens with two attached hydrogens (primary N) is 1. The van der Waals surface area contributed by atoms with Crippen LogP contribution in [0.3, 0.4) is 0 Å². The summed E-state index contributed by atoms with van der Waals surface area (Å²) in [5, 5.41) is 8.89. The zero-order valence-corrected chi connectivity index (χ0v) is 10.00. The van der Waals surface area contributed by atoms with E-state index in [-0.39, 0.29) is 24.7 Å².